The molecule has 1 N–H and O–H groups in total. The number of hydrogen-bond acceptors (Lipinski definition) is 4. The molecule has 6 rings (SSSR count). The minimum Gasteiger partial charge on any atom is -0.340 e. The van der Waals surface area contributed by atoms with Crippen LogP contribution in [0.2, 0.25) is 0 Å². The zero-order chi connectivity index (χ0) is 19.2. The van der Waals surface area contributed by atoms with Crippen LogP contribution in [0.15, 0.2) is 66.9 Å². The molecule has 5 aromatic rings. The second-order valence-electron chi connectivity index (χ2n) is 7.57. The molecule has 0 saturated carbocycles. The van der Waals surface area contributed by atoms with Crippen LogP contribution in [0.3, 0.4) is 0 Å². The van der Waals surface area contributed by atoms with Gasteiger partial charge in [-0.15, -0.1) is 0 Å². The molecule has 29 heavy (non-hydrogen) atoms. The fourth-order valence-electron chi connectivity index (χ4n) is 4.24. The van der Waals surface area contributed by atoms with Gasteiger partial charge in [-0.3, -0.25) is 4.90 Å². The van der Waals surface area contributed by atoms with Gasteiger partial charge in [0.15, 0.2) is 5.65 Å². The van der Waals surface area contributed by atoms with E-state index >= 15 is 0 Å². The Kier molecular flexibility index (Phi) is 3.70. The first-order chi connectivity index (χ1) is 14.3. The topological polar surface area (TPSA) is 62.6 Å². The van der Waals surface area contributed by atoms with Gasteiger partial charge in [-0.25, -0.2) is 15.0 Å². The Morgan fingerprint density at radius 3 is 2.38 bits per heavy atom. The minimum atomic E-state index is 0.623. The lowest BCUT2D eigenvalue weighted by atomic mass is 10.1. The van der Waals surface area contributed by atoms with E-state index in [1.165, 1.54) is 11.1 Å². The lowest BCUT2D eigenvalue weighted by Gasteiger charge is -2.15. The first-order valence-corrected chi connectivity index (χ1v) is 9.86. The largest absolute Gasteiger partial charge is 0.340 e. The number of nitrogens with zero attached hydrogens (tertiary/aromatic N) is 5. The number of pyridine rings is 1. The monoisotopic (exact) mass is 380 g/mol. The molecule has 6 heteroatoms. The van der Waals surface area contributed by atoms with E-state index in [1.54, 1.807) is 0 Å². The lowest BCUT2D eigenvalue weighted by Crippen LogP contribution is -2.19. The van der Waals surface area contributed by atoms with Crippen molar-refractivity contribution >= 4 is 22.2 Å². The van der Waals surface area contributed by atoms with Gasteiger partial charge in [-0.1, -0.05) is 36.4 Å². The van der Waals surface area contributed by atoms with Crippen LogP contribution in [0.25, 0.3) is 22.2 Å². The van der Waals surface area contributed by atoms with Gasteiger partial charge in [0.1, 0.15) is 17.2 Å². The predicted molar refractivity (Wildman–Crippen MR) is 112 cm³/mol. The van der Waals surface area contributed by atoms with E-state index in [4.69, 9.17) is 9.97 Å². The van der Waals surface area contributed by atoms with Crippen molar-refractivity contribution in [1.29, 1.82) is 0 Å². The minimum absolute atomic E-state index is 0.623. The van der Waals surface area contributed by atoms with Crippen molar-refractivity contribution in [2.75, 3.05) is 0 Å². The first-order valence-electron chi connectivity index (χ1n) is 9.86. The van der Waals surface area contributed by atoms with Crippen molar-refractivity contribution in [3.8, 4) is 0 Å². The lowest BCUT2D eigenvalue weighted by molar-refractivity contribution is 0.265. The summed E-state index contributed by atoms with van der Waals surface area (Å²) in [6.07, 6.45) is 1.83. The summed E-state index contributed by atoms with van der Waals surface area (Å²) in [7, 11) is 0. The SMILES string of the molecule is c1ccc2c(c1)CN(Cc1nc3cccnc3n1Cc1nc3ccccc3[nH]1)C2. The van der Waals surface area contributed by atoms with Crippen LogP contribution in [0, 0.1) is 0 Å². The zero-order valence-corrected chi connectivity index (χ0v) is 15.9. The molecule has 6 nitrogen and oxygen atoms in total. The highest BCUT2D eigenvalue weighted by Gasteiger charge is 2.22. The third-order valence-corrected chi connectivity index (χ3v) is 5.60. The Morgan fingerprint density at radius 2 is 1.55 bits per heavy atom. The highest BCUT2D eigenvalue weighted by molar-refractivity contribution is 5.75. The Morgan fingerprint density at radius 1 is 0.793 bits per heavy atom. The van der Waals surface area contributed by atoms with Crippen LogP contribution in [0.1, 0.15) is 22.8 Å². The second kappa shape index (κ2) is 6.53. The summed E-state index contributed by atoms with van der Waals surface area (Å²) >= 11 is 0. The molecule has 0 bridgehead atoms. The summed E-state index contributed by atoms with van der Waals surface area (Å²) < 4.78 is 2.19. The van der Waals surface area contributed by atoms with Crippen LogP contribution in [0.4, 0.5) is 0 Å². The first kappa shape index (κ1) is 16.4. The Bertz CT molecular complexity index is 1270. The molecule has 142 valence electrons. The van der Waals surface area contributed by atoms with Gasteiger partial charge in [0.25, 0.3) is 0 Å². The number of H-pyrrole nitrogens is 1. The number of hydrogen-bond donors (Lipinski definition) is 1. The smallest absolute Gasteiger partial charge is 0.160 e. The molecule has 0 fully saturated rings. The number of aromatic amines is 1. The number of rotatable bonds is 4. The average molecular weight is 380 g/mol. The number of nitrogens with one attached hydrogen (secondary N) is 1. The summed E-state index contributed by atoms with van der Waals surface area (Å²) in [6.45, 7) is 3.32. The molecule has 0 saturated heterocycles. The third kappa shape index (κ3) is 2.89. The summed E-state index contributed by atoms with van der Waals surface area (Å²) in [5, 5.41) is 0. The molecular formula is C23H20N6. The highest BCUT2D eigenvalue weighted by Crippen LogP contribution is 2.25. The van der Waals surface area contributed by atoms with Crippen molar-refractivity contribution in [3.05, 3.63) is 89.6 Å². The van der Waals surface area contributed by atoms with Crippen molar-refractivity contribution in [3.63, 3.8) is 0 Å². The van der Waals surface area contributed by atoms with Gasteiger partial charge in [-0.2, -0.15) is 0 Å². The number of para-hydroxylation sites is 2. The average Bonchev–Trinajstić information content (AvgIpc) is 3.43. The van der Waals surface area contributed by atoms with E-state index in [-0.39, 0.29) is 0 Å². The van der Waals surface area contributed by atoms with Gasteiger partial charge in [0.05, 0.1) is 24.1 Å². The van der Waals surface area contributed by atoms with E-state index in [0.29, 0.717) is 6.54 Å². The third-order valence-electron chi connectivity index (χ3n) is 5.60. The van der Waals surface area contributed by atoms with Crippen LogP contribution >= 0.6 is 0 Å². The van der Waals surface area contributed by atoms with E-state index in [1.807, 2.05) is 36.5 Å². The van der Waals surface area contributed by atoms with Gasteiger partial charge in [0, 0.05) is 19.3 Å². The van der Waals surface area contributed by atoms with Gasteiger partial charge >= 0.3 is 0 Å². The fourth-order valence-corrected chi connectivity index (χ4v) is 4.24. The molecule has 0 radical (unpaired) electrons. The van der Waals surface area contributed by atoms with E-state index in [9.17, 15) is 0 Å². The van der Waals surface area contributed by atoms with Crippen molar-refractivity contribution in [2.45, 2.75) is 26.2 Å². The second-order valence-corrected chi connectivity index (χ2v) is 7.57. The standard InChI is InChI=1S/C23H20N6/c1-2-7-17-13-28(12-16(17)6-1)15-22-27-20-10-5-11-24-23(20)29(22)14-21-25-18-8-3-4-9-19(18)26-21/h1-11H,12-15H2,(H,25,26). The summed E-state index contributed by atoms with van der Waals surface area (Å²) in [5.74, 6) is 1.94. The Labute approximate surface area is 167 Å². The zero-order valence-electron chi connectivity index (χ0n) is 15.9. The molecule has 1 aliphatic rings. The van der Waals surface area contributed by atoms with Gasteiger partial charge in [0.2, 0.25) is 0 Å². The molecule has 1 aliphatic heterocycles. The van der Waals surface area contributed by atoms with Crippen molar-refractivity contribution in [2.24, 2.45) is 0 Å². The quantitative estimate of drug-likeness (QED) is 0.514. The van der Waals surface area contributed by atoms with Crippen molar-refractivity contribution in [1.82, 2.24) is 29.4 Å². The predicted octanol–water partition coefficient (Wildman–Crippen LogP) is 3.87. The normalized spacial score (nSPS) is 14.1. The summed E-state index contributed by atoms with van der Waals surface area (Å²) in [5.41, 5.74) is 6.68. The molecule has 0 aliphatic carbocycles. The molecule has 0 unspecified atom stereocenters. The molecule has 2 aromatic carbocycles. The number of benzene rings is 2. The summed E-state index contributed by atoms with van der Waals surface area (Å²) in [6, 6.07) is 20.7. The van der Waals surface area contributed by atoms with Crippen LogP contribution < -0.4 is 0 Å². The molecule has 0 amide bonds. The van der Waals surface area contributed by atoms with Crippen LogP contribution in [0.5, 0.6) is 0 Å². The molecule has 4 heterocycles. The van der Waals surface area contributed by atoms with Crippen molar-refractivity contribution < 1.29 is 0 Å². The molecule has 3 aromatic heterocycles. The van der Waals surface area contributed by atoms with Crippen LogP contribution in [-0.2, 0) is 26.2 Å². The molecule has 0 spiro atoms. The number of fused-ring (bicyclic) bond motifs is 3. The number of aromatic nitrogens is 5. The molecular weight excluding hydrogens is 360 g/mol. The highest BCUT2D eigenvalue weighted by atomic mass is 15.2. The Balaban J connectivity index is 1.36. The van der Waals surface area contributed by atoms with Gasteiger partial charge < -0.3 is 9.55 Å². The maximum absolute atomic E-state index is 4.91. The fraction of sp³-hybridized carbons (Fsp3) is 0.174. The maximum atomic E-state index is 4.91. The number of imidazole rings is 2. The van der Waals surface area contributed by atoms with Gasteiger partial charge in [-0.05, 0) is 35.4 Å². The molecule has 0 atom stereocenters. The van der Waals surface area contributed by atoms with E-state index in [2.05, 4.69) is 49.8 Å². The summed E-state index contributed by atoms with van der Waals surface area (Å²) in [4.78, 5) is 20.1. The van der Waals surface area contributed by atoms with E-state index in [0.717, 1.165) is 53.5 Å². The van der Waals surface area contributed by atoms with E-state index < -0.39 is 0 Å². The Hall–Kier alpha value is -3.51. The maximum Gasteiger partial charge on any atom is 0.160 e. The van der Waals surface area contributed by atoms with Crippen LogP contribution in [-0.4, -0.2) is 29.4 Å².